The number of anilines is 1. The van der Waals surface area contributed by atoms with Crippen molar-refractivity contribution in [2.75, 3.05) is 18.9 Å². The Hall–Kier alpha value is -2.22. The largest absolute Gasteiger partial charge is 0.392 e. The number of halogens is 1. The number of hydrogen-bond donors (Lipinski definition) is 2. The van der Waals surface area contributed by atoms with Crippen molar-refractivity contribution in [3.8, 4) is 0 Å². The summed E-state index contributed by atoms with van der Waals surface area (Å²) < 4.78 is 18.7. The molecule has 1 amide bonds. The molecule has 1 aromatic carbocycles. The maximum Gasteiger partial charge on any atom is 0.293 e. The van der Waals surface area contributed by atoms with E-state index in [-0.39, 0.29) is 6.04 Å². The van der Waals surface area contributed by atoms with Crippen molar-refractivity contribution < 1.29 is 18.8 Å². The second-order valence-electron chi connectivity index (χ2n) is 4.15. The summed E-state index contributed by atoms with van der Waals surface area (Å²) in [4.78, 5) is 21.9. The first-order valence-electron chi connectivity index (χ1n) is 5.61. The molecule has 2 rings (SSSR count). The number of rotatable bonds is 3. The normalized spacial score (nSPS) is 18.3. The van der Waals surface area contributed by atoms with E-state index in [0.717, 1.165) is 12.1 Å². The predicted molar refractivity (Wildman–Crippen MR) is 64.2 cm³/mol. The summed E-state index contributed by atoms with van der Waals surface area (Å²) in [7, 11) is 0. The quantitative estimate of drug-likeness (QED) is 0.480. The summed E-state index contributed by atoms with van der Waals surface area (Å²) in [5.74, 6) is -1.66. The molecule has 1 heterocycles. The summed E-state index contributed by atoms with van der Waals surface area (Å²) in [5, 5.41) is 13.2. The number of nitrogens with two attached hydrogens (primary N) is 1. The minimum absolute atomic E-state index is 0.231. The van der Waals surface area contributed by atoms with E-state index in [0.29, 0.717) is 19.6 Å². The fourth-order valence-electron chi connectivity index (χ4n) is 1.88. The highest BCUT2D eigenvalue weighted by Gasteiger charge is 2.26. The molecule has 0 radical (unpaired) electrons. The van der Waals surface area contributed by atoms with Crippen LogP contribution in [0.1, 0.15) is 16.8 Å². The van der Waals surface area contributed by atoms with E-state index in [1.807, 2.05) is 0 Å². The van der Waals surface area contributed by atoms with Crippen LogP contribution in [0.15, 0.2) is 12.1 Å². The van der Waals surface area contributed by atoms with Crippen LogP contribution in [0.4, 0.5) is 15.8 Å². The van der Waals surface area contributed by atoms with Gasteiger partial charge in [-0.25, -0.2) is 4.39 Å². The molecule has 0 aliphatic carbocycles. The molecule has 1 saturated heterocycles. The lowest BCUT2D eigenvalue weighted by Gasteiger charge is -2.12. The van der Waals surface area contributed by atoms with Crippen LogP contribution in [0, 0.1) is 15.9 Å². The fourth-order valence-corrected chi connectivity index (χ4v) is 1.88. The summed E-state index contributed by atoms with van der Waals surface area (Å²) >= 11 is 0. The SMILES string of the molecule is Nc1c([N+](=O)[O-])ccc(F)c1C(=O)NC1CCOC1. The summed E-state index contributed by atoms with van der Waals surface area (Å²) in [6, 6.07) is 1.56. The number of hydrogen-bond acceptors (Lipinski definition) is 5. The van der Waals surface area contributed by atoms with Gasteiger partial charge in [-0.05, 0) is 12.5 Å². The molecule has 1 unspecified atom stereocenters. The van der Waals surface area contributed by atoms with Crippen LogP contribution in [0.3, 0.4) is 0 Å². The van der Waals surface area contributed by atoms with Crippen molar-refractivity contribution in [1.29, 1.82) is 0 Å². The first kappa shape index (κ1) is 13.2. The standard InChI is InChI=1S/C11H12FN3O4/c12-7-1-2-8(15(17)18)10(13)9(7)11(16)14-6-3-4-19-5-6/h1-2,6H,3-5,13H2,(H,14,16). The van der Waals surface area contributed by atoms with Crippen LogP contribution in [0.25, 0.3) is 0 Å². The van der Waals surface area contributed by atoms with Crippen LogP contribution < -0.4 is 11.1 Å². The van der Waals surface area contributed by atoms with Crippen molar-refractivity contribution in [3.63, 3.8) is 0 Å². The van der Waals surface area contributed by atoms with Crippen LogP contribution in [0.5, 0.6) is 0 Å². The molecular formula is C11H12FN3O4. The van der Waals surface area contributed by atoms with Gasteiger partial charge in [0, 0.05) is 12.7 Å². The van der Waals surface area contributed by atoms with Gasteiger partial charge in [0.1, 0.15) is 17.1 Å². The van der Waals surface area contributed by atoms with Crippen LogP contribution >= 0.6 is 0 Å². The van der Waals surface area contributed by atoms with Gasteiger partial charge in [0.15, 0.2) is 0 Å². The smallest absolute Gasteiger partial charge is 0.293 e. The third kappa shape index (κ3) is 2.63. The maximum atomic E-state index is 13.6. The lowest BCUT2D eigenvalue weighted by Crippen LogP contribution is -2.36. The zero-order chi connectivity index (χ0) is 14.0. The first-order chi connectivity index (χ1) is 9.00. The Labute approximate surface area is 107 Å². The Balaban J connectivity index is 2.29. The Morgan fingerprint density at radius 2 is 2.32 bits per heavy atom. The van der Waals surface area contributed by atoms with E-state index in [9.17, 15) is 19.3 Å². The molecule has 1 atom stereocenters. The van der Waals surface area contributed by atoms with Crippen LogP contribution in [0.2, 0.25) is 0 Å². The van der Waals surface area contributed by atoms with Gasteiger partial charge in [-0.1, -0.05) is 0 Å². The highest BCUT2D eigenvalue weighted by atomic mass is 19.1. The third-order valence-electron chi connectivity index (χ3n) is 2.86. The van der Waals surface area contributed by atoms with Gasteiger partial charge in [-0.3, -0.25) is 14.9 Å². The van der Waals surface area contributed by atoms with Crippen LogP contribution in [-0.4, -0.2) is 30.1 Å². The highest BCUT2D eigenvalue weighted by molar-refractivity contribution is 6.01. The molecule has 8 heteroatoms. The number of nitro benzene ring substituents is 1. The van der Waals surface area contributed by atoms with Gasteiger partial charge >= 0.3 is 0 Å². The minimum atomic E-state index is -0.889. The Morgan fingerprint density at radius 1 is 1.58 bits per heavy atom. The average Bonchev–Trinajstić information content (AvgIpc) is 2.81. The predicted octanol–water partition coefficient (Wildman–Crippen LogP) is 0.835. The van der Waals surface area contributed by atoms with Gasteiger partial charge < -0.3 is 15.8 Å². The lowest BCUT2D eigenvalue weighted by atomic mass is 10.1. The topological polar surface area (TPSA) is 107 Å². The van der Waals surface area contributed by atoms with Crippen molar-refractivity contribution in [2.24, 2.45) is 0 Å². The summed E-state index contributed by atoms with van der Waals surface area (Å²) in [5.41, 5.74) is 4.03. The van der Waals surface area contributed by atoms with E-state index in [4.69, 9.17) is 10.5 Å². The highest BCUT2D eigenvalue weighted by Crippen LogP contribution is 2.27. The molecule has 0 aromatic heterocycles. The van der Waals surface area contributed by atoms with E-state index >= 15 is 0 Å². The monoisotopic (exact) mass is 269 g/mol. The fraction of sp³-hybridized carbons (Fsp3) is 0.364. The molecule has 19 heavy (non-hydrogen) atoms. The van der Waals surface area contributed by atoms with Crippen molar-refractivity contribution in [1.82, 2.24) is 5.32 Å². The number of carbonyl (C=O) groups is 1. The van der Waals surface area contributed by atoms with Gasteiger partial charge in [-0.2, -0.15) is 0 Å². The molecule has 7 nitrogen and oxygen atoms in total. The molecule has 1 aliphatic heterocycles. The minimum Gasteiger partial charge on any atom is -0.392 e. The molecule has 1 aromatic rings. The second kappa shape index (κ2) is 5.19. The molecule has 3 N–H and O–H groups in total. The summed E-state index contributed by atoms with van der Waals surface area (Å²) in [6.45, 7) is 0.847. The van der Waals surface area contributed by atoms with E-state index in [1.54, 1.807) is 0 Å². The number of carbonyl (C=O) groups excluding carboxylic acids is 1. The number of nitrogen functional groups attached to an aromatic ring is 1. The number of amides is 1. The molecular weight excluding hydrogens is 257 g/mol. The van der Waals surface area contributed by atoms with Crippen molar-refractivity contribution in [2.45, 2.75) is 12.5 Å². The number of nitrogens with zero attached hydrogens (tertiary/aromatic N) is 1. The van der Waals surface area contributed by atoms with Crippen molar-refractivity contribution >= 4 is 17.3 Å². The number of nitrogens with one attached hydrogen (secondary N) is 1. The second-order valence-corrected chi connectivity index (χ2v) is 4.15. The number of benzene rings is 1. The molecule has 102 valence electrons. The summed E-state index contributed by atoms with van der Waals surface area (Å²) in [6.07, 6.45) is 0.613. The van der Waals surface area contributed by atoms with Gasteiger partial charge in [0.25, 0.3) is 11.6 Å². The Kier molecular flexibility index (Phi) is 3.61. The molecule has 0 bridgehead atoms. The Morgan fingerprint density at radius 3 is 2.89 bits per heavy atom. The molecule has 1 aliphatic rings. The average molecular weight is 269 g/mol. The molecule has 0 spiro atoms. The zero-order valence-electron chi connectivity index (χ0n) is 9.89. The van der Waals surface area contributed by atoms with E-state index in [1.165, 1.54) is 0 Å². The van der Waals surface area contributed by atoms with Gasteiger partial charge in [0.2, 0.25) is 0 Å². The maximum absolute atomic E-state index is 13.6. The zero-order valence-corrected chi connectivity index (χ0v) is 9.89. The van der Waals surface area contributed by atoms with Crippen LogP contribution in [-0.2, 0) is 4.74 Å². The third-order valence-corrected chi connectivity index (χ3v) is 2.86. The van der Waals surface area contributed by atoms with Crippen molar-refractivity contribution in [3.05, 3.63) is 33.6 Å². The van der Waals surface area contributed by atoms with E-state index < -0.39 is 33.6 Å². The Bertz CT molecular complexity index is 529. The number of ether oxygens (including phenoxy) is 1. The molecule has 1 fully saturated rings. The van der Waals surface area contributed by atoms with Gasteiger partial charge in [-0.15, -0.1) is 0 Å². The first-order valence-corrected chi connectivity index (χ1v) is 5.61. The number of nitro groups is 1. The van der Waals surface area contributed by atoms with E-state index in [2.05, 4.69) is 5.32 Å². The van der Waals surface area contributed by atoms with Gasteiger partial charge in [0.05, 0.1) is 17.6 Å². The lowest BCUT2D eigenvalue weighted by molar-refractivity contribution is -0.384. The molecule has 0 saturated carbocycles.